The third-order valence-corrected chi connectivity index (χ3v) is 3.61. The Morgan fingerprint density at radius 3 is 2.19 bits per heavy atom. The zero-order valence-electron chi connectivity index (χ0n) is 10.9. The Hall–Kier alpha value is -0.860. The first-order valence-electron chi connectivity index (χ1n) is 6.24. The molecule has 1 fully saturated rings. The quantitative estimate of drug-likeness (QED) is 0.706. The molecule has 1 N–H and O–H groups in total. The highest BCUT2D eigenvalue weighted by Gasteiger charge is 2.51. The Bertz CT molecular complexity index is 290. The third kappa shape index (κ3) is 2.83. The molecule has 0 aromatic rings. The molecular weight excluding hydrogens is 202 g/mol. The van der Waals surface area contributed by atoms with Gasteiger partial charge >= 0.3 is 0 Å². The fraction of sp³-hybridized carbons (Fsp3) is 0.846. The van der Waals surface area contributed by atoms with E-state index in [1.54, 1.807) is 0 Å². The van der Waals surface area contributed by atoms with E-state index >= 15 is 0 Å². The number of rotatable bonds is 6. The SMILES string of the molecule is CCCC1(C(=O)C(=O)NC(C)(C)CC)CC1. The van der Waals surface area contributed by atoms with E-state index in [0.29, 0.717) is 0 Å². The van der Waals surface area contributed by atoms with E-state index in [1.807, 2.05) is 20.8 Å². The lowest BCUT2D eigenvalue weighted by atomic mass is 9.93. The Morgan fingerprint density at radius 1 is 1.25 bits per heavy atom. The van der Waals surface area contributed by atoms with E-state index in [-0.39, 0.29) is 16.7 Å². The molecule has 0 aliphatic heterocycles. The van der Waals surface area contributed by atoms with Crippen molar-refractivity contribution in [3.8, 4) is 0 Å². The Kier molecular flexibility index (Phi) is 3.76. The van der Waals surface area contributed by atoms with Crippen LogP contribution >= 0.6 is 0 Å². The first-order chi connectivity index (χ1) is 7.37. The van der Waals surface area contributed by atoms with Gasteiger partial charge in [-0.2, -0.15) is 0 Å². The fourth-order valence-corrected chi connectivity index (χ4v) is 1.91. The Morgan fingerprint density at radius 2 is 1.81 bits per heavy atom. The van der Waals surface area contributed by atoms with E-state index in [4.69, 9.17) is 0 Å². The highest BCUT2D eigenvalue weighted by atomic mass is 16.2. The van der Waals surface area contributed by atoms with Gasteiger partial charge in [-0.15, -0.1) is 0 Å². The molecule has 0 atom stereocenters. The molecule has 0 aromatic carbocycles. The van der Waals surface area contributed by atoms with Crippen LogP contribution in [-0.2, 0) is 9.59 Å². The first-order valence-corrected chi connectivity index (χ1v) is 6.24. The van der Waals surface area contributed by atoms with Crippen molar-refractivity contribution in [1.82, 2.24) is 5.32 Å². The van der Waals surface area contributed by atoms with Gasteiger partial charge < -0.3 is 5.32 Å². The molecule has 0 unspecified atom stereocenters. The summed E-state index contributed by atoms with van der Waals surface area (Å²) in [4.78, 5) is 23.8. The summed E-state index contributed by atoms with van der Waals surface area (Å²) in [7, 11) is 0. The van der Waals surface area contributed by atoms with Crippen LogP contribution in [0.3, 0.4) is 0 Å². The minimum atomic E-state index is -0.391. The lowest BCUT2D eigenvalue weighted by Crippen LogP contribution is -2.47. The van der Waals surface area contributed by atoms with E-state index < -0.39 is 5.91 Å². The molecule has 0 spiro atoms. The zero-order chi connectivity index (χ0) is 12.4. The van der Waals surface area contributed by atoms with Gasteiger partial charge in [-0.05, 0) is 39.5 Å². The standard InChI is InChI=1S/C13H23NO2/c1-5-7-13(8-9-13)10(15)11(16)14-12(3,4)6-2/h5-9H2,1-4H3,(H,14,16). The summed E-state index contributed by atoms with van der Waals surface area (Å²) in [6.45, 7) is 7.94. The molecule has 3 nitrogen and oxygen atoms in total. The molecule has 0 bridgehead atoms. The van der Waals surface area contributed by atoms with Crippen LogP contribution in [0.1, 0.15) is 59.8 Å². The van der Waals surface area contributed by atoms with Crippen molar-refractivity contribution in [1.29, 1.82) is 0 Å². The summed E-state index contributed by atoms with van der Waals surface area (Å²) in [6.07, 6.45) is 4.42. The van der Waals surface area contributed by atoms with Crippen molar-refractivity contribution in [2.45, 2.75) is 65.3 Å². The average molecular weight is 225 g/mol. The minimum absolute atomic E-state index is 0.198. The van der Waals surface area contributed by atoms with Gasteiger partial charge in [0.15, 0.2) is 0 Å². The van der Waals surface area contributed by atoms with Gasteiger partial charge in [-0.1, -0.05) is 20.3 Å². The van der Waals surface area contributed by atoms with Crippen LogP contribution in [0.4, 0.5) is 0 Å². The maximum Gasteiger partial charge on any atom is 0.288 e. The fourth-order valence-electron chi connectivity index (χ4n) is 1.91. The zero-order valence-corrected chi connectivity index (χ0v) is 10.9. The molecule has 1 aliphatic rings. The van der Waals surface area contributed by atoms with E-state index in [0.717, 1.165) is 32.1 Å². The van der Waals surface area contributed by atoms with Gasteiger partial charge in [0.25, 0.3) is 5.91 Å². The van der Waals surface area contributed by atoms with Crippen LogP contribution in [0, 0.1) is 5.41 Å². The van der Waals surface area contributed by atoms with Crippen molar-refractivity contribution in [3.63, 3.8) is 0 Å². The Labute approximate surface area is 98.0 Å². The second-order valence-electron chi connectivity index (χ2n) is 5.55. The highest BCUT2D eigenvalue weighted by molar-refractivity contribution is 6.39. The maximum atomic E-state index is 12.0. The first kappa shape index (κ1) is 13.2. The van der Waals surface area contributed by atoms with Crippen molar-refractivity contribution in [2.75, 3.05) is 0 Å². The number of hydrogen-bond donors (Lipinski definition) is 1. The summed E-state index contributed by atoms with van der Waals surface area (Å²) in [6, 6.07) is 0. The summed E-state index contributed by atoms with van der Waals surface area (Å²) < 4.78 is 0. The van der Waals surface area contributed by atoms with Crippen LogP contribution in [0.25, 0.3) is 0 Å². The normalized spacial score (nSPS) is 18.0. The number of amides is 1. The average Bonchev–Trinajstić information content (AvgIpc) is 2.98. The summed E-state index contributed by atoms with van der Waals surface area (Å²) in [5.74, 6) is -0.589. The van der Waals surface area contributed by atoms with Gasteiger partial charge in [-0.3, -0.25) is 9.59 Å². The van der Waals surface area contributed by atoms with Crippen LogP contribution in [0.15, 0.2) is 0 Å². The molecule has 16 heavy (non-hydrogen) atoms. The van der Waals surface area contributed by atoms with Crippen molar-refractivity contribution in [2.24, 2.45) is 5.41 Å². The van der Waals surface area contributed by atoms with E-state index in [9.17, 15) is 9.59 Å². The lowest BCUT2D eigenvalue weighted by Gasteiger charge is -2.25. The molecule has 0 aromatic heterocycles. The lowest BCUT2D eigenvalue weighted by molar-refractivity contribution is -0.142. The van der Waals surface area contributed by atoms with Gasteiger partial charge in [-0.25, -0.2) is 0 Å². The van der Waals surface area contributed by atoms with E-state index in [1.165, 1.54) is 0 Å². The number of ketones is 1. The molecule has 1 aliphatic carbocycles. The summed E-state index contributed by atoms with van der Waals surface area (Å²) >= 11 is 0. The molecular formula is C13H23NO2. The molecule has 0 radical (unpaired) electrons. The minimum Gasteiger partial charge on any atom is -0.345 e. The second kappa shape index (κ2) is 4.56. The number of hydrogen-bond acceptors (Lipinski definition) is 2. The predicted molar refractivity (Wildman–Crippen MR) is 64.1 cm³/mol. The topological polar surface area (TPSA) is 46.2 Å². The maximum absolute atomic E-state index is 12.0. The van der Waals surface area contributed by atoms with Crippen LogP contribution in [-0.4, -0.2) is 17.2 Å². The van der Waals surface area contributed by atoms with Crippen molar-refractivity contribution in [3.05, 3.63) is 0 Å². The number of Topliss-reactive ketones (excluding diaryl/α,β-unsaturated/α-hetero) is 1. The van der Waals surface area contributed by atoms with Crippen LogP contribution < -0.4 is 5.32 Å². The Balaban J connectivity index is 2.58. The summed E-state index contributed by atoms with van der Waals surface area (Å²) in [5, 5.41) is 2.82. The third-order valence-electron chi connectivity index (χ3n) is 3.61. The molecule has 1 rings (SSSR count). The number of carbonyl (C=O) groups is 2. The smallest absolute Gasteiger partial charge is 0.288 e. The molecule has 1 saturated carbocycles. The monoisotopic (exact) mass is 225 g/mol. The van der Waals surface area contributed by atoms with Gasteiger partial charge in [0.1, 0.15) is 0 Å². The van der Waals surface area contributed by atoms with Gasteiger partial charge in [0.05, 0.1) is 0 Å². The van der Waals surface area contributed by atoms with Crippen molar-refractivity contribution >= 4 is 11.7 Å². The molecule has 0 heterocycles. The second-order valence-corrected chi connectivity index (χ2v) is 5.55. The largest absolute Gasteiger partial charge is 0.345 e. The molecule has 1 amide bonds. The molecule has 3 heteroatoms. The summed E-state index contributed by atoms with van der Waals surface area (Å²) in [5.41, 5.74) is -0.586. The van der Waals surface area contributed by atoms with Crippen molar-refractivity contribution < 1.29 is 9.59 Å². The highest BCUT2D eigenvalue weighted by Crippen LogP contribution is 2.50. The number of carbonyl (C=O) groups excluding carboxylic acids is 2. The number of nitrogens with one attached hydrogen (secondary N) is 1. The predicted octanol–water partition coefficient (Wildman–Crippen LogP) is 2.44. The van der Waals surface area contributed by atoms with Gasteiger partial charge in [0, 0.05) is 11.0 Å². The molecule has 0 saturated heterocycles. The van der Waals surface area contributed by atoms with Crippen LogP contribution in [0.2, 0.25) is 0 Å². The van der Waals surface area contributed by atoms with Gasteiger partial charge in [0.2, 0.25) is 5.78 Å². The molecule has 92 valence electrons. The van der Waals surface area contributed by atoms with E-state index in [2.05, 4.69) is 12.2 Å². The van der Waals surface area contributed by atoms with Crippen LogP contribution in [0.5, 0.6) is 0 Å².